The van der Waals surface area contributed by atoms with E-state index in [1.807, 2.05) is 11.3 Å². The molecule has 0 radical (unpaired) electrons. The third kappa shape index (κ3) is 3.24. The molecule has 4 rings (SSSR count). The van der Waals surface area contributed by atoms with Gasteiger partial charge in [0, 0.05) is 9.58 Å². The van der Waals surface area contributed by atoms with Crippen molar-refractivity contribution in [3.8, 4) is 11.1 Å². The lowest BCUT2D eigenvalue weighted by atomic mass is 9.96. The van der Waals surface area contributed by atoms with Crippen LogP contribution in [-0.2, 0) is 6.42 Å². The Morgan fingerprint density at radius 3 is 2.30 bits per heavy atom. The molecule has 0 saturated carbocycles. The van der Waals surface area contributed by atoms with Gasteiger partial charge < -0.3 is 0 Å². The van der Waals surface area contributed by atoms with Gasteiger partial charge in [0.1, 0.15) is 0 Å². The van der Waals surface area contributed by atoms with Gasteiger partial charge in [0.05, 0.1) is 0 Å². The maximum atomic E-state index is 2.28. The molecule has 0 unspecified atom stereocenters. The molecule has 0 nitrogen and oxygen atoms in total. The second-order valence-corrected chi connectivity index (χ2v) is 7.90. The number of hydrogen-bond acceptors (Lipinski definition) is 1. The maximum Gasteiger partial charge on any atom is 0.0430 e. The smallest absolute Gasteiger partial charge is 0.0430 e. The van der Waals surface area contributed by atoms with E-state index in [4.69, 9.17) is 0 Å². The van der Waals surface area contributed by atoms with Gasteiger partial charge in [-0.25, -0.2) is 0 Å². The lowest BCUT2D eigenvalue weighted by molar-refractivity contribution is 1.16. The van der Waals surface area contributed by atoms with Crippen LogP contribution in [0.1, 0.15) is 35.4 Å². The van der Waals surface area contributed by atoms with Gasteiger partial charge in [-0.3, -0.25) is 0 Å². The van der Waals surface area contributed by atoms with Crippen molar-refractivity contribution in [1.29, 1.82) is 0 Å². The summed E-state index contributed by atoms with van der Waals surface area (Å²) in [6.07, 6.45) is 3.29. The Labute approximate surface area is 165 Å². The van der Waals surface area contributed by atoms with Crippen LogP contribution in [0, 0.1) is 6.92 Å². The first-order valence-corrected chi connectivity index (χ1v) is 10.4. The van der Waals surface area contributed by atoms with Crippen molar-refractivity contribution < 1.29 is 0 Å². The van der Waals surface area contributed by atoms with E-state index in [9.17, 15) is 0 Å². The summed E-state index contributed by atoms with van der Waals surface area (Å²) >= 11 is 1.93. The molecule has 0 aliphatic rings. The average Bonchev–Trinajstić information content (AvgIpc) is 3.08. The fraction of sp³-hybridized carbons (Fsp3) is 0.154. The number of benzene rings is 3. The second-order valence-electron chi connectivity index (χ2n) is 6.88. The van der Waals surface area contributed by atoms with E-state index in [0.717, 1.165) is 6.42 Å². The minimum Gasteiger partial charge on any atom is -0.134 e. The molecule has 1 heterocycles. The fourth-order valence-electron chi connectivity index (χ4n) is 3.75. The minimum absolute atomic E-state index is 1.04. The zero-order valence-corrected chi connectivity index (χ0v) is 16.9. The van der Waals surface area contributed by atoms with Crippen LogP contribution in [0.2, 0.25) is 0 Å². The number of aryl methyl sites for hydroxylation is 2. The summed E-state index contributed by atoms with van der Waals surface area (Å²) in [7, 11) is 0. The number of hydrogen-bond donors (Lipinski definition) is 0. The molecule has 1 aromatic heterocycles. The molecular weight excluding hydrogens is 344 g/mol. The van der Waals surface area contributed by atoms with Gasteiger partial charge in [0.2, 0.25) is 0 Å². The third-order valence-corrected chi connectivity index (χ3v) is 6.47. The number of allylic oxidation sites excluding steroid dienone is 1. The van der Waals surface area contributed by atoms with E-state index in [0.29, 0.717) is 0 Å². The highest BCUT2D eigenvalue weighted by molar-refractivity contribution is 7.21. The highest BCUT2D eigenvalue weighted by Gasteiger charge is 2.17. The largest absolute Gasteiger partial charge is 0.134 e. The summed E-state index contributed by atoms with van der Waals surface area (Å²) < 4.78 is 1.39. The summed E-state index contributed by atoms with van der Waals surface area (Å²) in [6, 6.07) is 26.4. The van der Waals surface area contributed by atoms with Gasteiger partial charge in [-0.15, -0.1) is 11.3 Å². The van der Waals surface area contributed by atoms with Crippen LogP contribution in [0.5, 0.6) is 0 Å². The predicted molar refractivity (Wildman–Crippen MR) is 121 cm³/mol. The zero-order chi connectivity index (χ0) is 18.8. The Balaban J connectivity index is 1.95. The van der Waals surface area contributed by atoms with Crippen LogP contribution in [0.3, 0.4) is 0 Å². The predicted octanol–water partition coefficient (Wildman–Crippen LogP) is 7.89. The highest BCUT2D eigenvalue weighted by Crippen LogP contribution is 2.42. The van der Waals surface area contributed by atoms with Gasteiger partial charge in [-0.1, -0.05) is 91.4 Å². The Hall–Kier alpha value is -2.64. The minimum atomic E-state index is 1.04. The summed E-state index contributed by atoms with van der Waals surface area (Å²) in [4.78, 5) is 1.40. The summed E-state index contributed by atoms with van der Waals surface area (Å²) in [5.74, 6) is 0. The molecule has 1 heteroatoms. The molecule has 0 aliphatic heterocycles. The standard InChI is InChI=1S/C26H24S/c1-4-21(19-10-7-6-8-11-19)25-22(5-2)24-13-9-12-23(26(24)27-25)20-16-14-18(3)15-17-20/h4,6-17H,5H2,1-3H3/b21-4-. The maximum absolute atomic E-state index is 2.28. The molecular formula is C26H24S. The van der Waals surface area contributed by atoms with Crippen LogP contribution >= 0.6 is 11.3 Å². The first-order chi connectivity index (χ1) is 13.2. The van der Waals surface area contributed by atoms with E-state index >= 15 is 0 Å². The van der Waals surface area contributed by atoms with Crippen LogP contribution in [0.25, 0.3) is 26.8 Å². The number of rotatable bonds is 4. The van der Waals surface area contributed by atoms with E-state index < -0.39 is 0 Å². The molecule has 3 aromatic carbocycles. The molecule has 4 aromatic rings. The zero-order valence-electron chi connectivity index (χ0n) is 16.1. The van der Waals surface area contributed by atoms with Crippen LogP contribution in [-0.4, -0.2) is 0 Å². The Morgan fingerprint density at radius 2 is 1.63 bits per heavy atom. The monoisotopic (exact) mass is 368 g/mol. The second kappa shape index (κ2) is 7.54. The van der Waals surface area contributed by atoms with Crippen LogP contribution in [0.15, 0.2) is 78.9 Å². The molecule has 0 spiro atoms. The molecule has 0 N–H and O–H groups in total. The molecule has 0 aliphatic carbocycles. The van der Waals surface area contributed by atoms with E-state index in [1.54, 1.807) is 0 Å². The molecule has 0 fully saturated rings. The van der Waals surface area contributed by atoms with Crippen molar-refractivity contribution in [2.75, 3.05) is 0 Å². The summed E-state index contributed by atoms with van der Waals surface area (Å²) in [6.45, 7) is 6.55. The Morgan fingerprint density at radius 1 is 0.889 bits per heavy atom. The Kier molecular flexibility index (Phi) is 4.96. The summed E-state index contributed by atoms with van der Waals surface area (Å²) in [5, 5.41) is 1.39. The van der Waals surface area contributed by atoms with Crippen molar-refractivity contribution in [2.45, 2.75) is 27.2 Å². The number of fused-ring (bicyclic) bond motifs is 1. The first-order valence-electron chi connectivity index (χ1n) is 9.56. The molecule has 0 amide bonds. The molecule has 27 heavy (non-hydrogen) atoms. The van der Waals surface area contributed by atoms with Gasteiger partial charge in [-0.2, -0.15) is 0 Å². The topological polar surface area (TPSA) is 0 Å². The highest BCUT2D eigenvalue weighted by atomic mass is 32.1. The van der Waals surface area contributed by atoms with E-state index in [-0.39, 0.29) is 0 Å². The molecule has 134 valence electrons. The van der Waals surface area contributed by atoms with Crippen molar-refractivity contribution >= 4 is 27.0 Å². The van der Waals surface area contributed by atoms with Gasteiger partial charge in [0.15, 0.2) is 0 Å². The van der Waals surface area contributed by atoms with Gasteiger partial charge >= 0.3 is 0 Å². The lowest BCUT2D eigenvalue weighted by Crippen LogP contribution is -1.89. The normalized spacial score (nSPS) is 11.9. The number of thiophene rings is 1. The molecule has 0 saturated heterocycles. The van der Waals surface area contributed by atoms with Crippen LogP contribution < -0.4 is 0 Å². The lowest BCUT2D eigenvalue weighted by Gasteiger charge is -2.08. The quantitative estimate of drug-likeness (QED) is 0.343. The molecule has 0 bridgehead atoms. The average molecular weight is 369 g/mol. The molecule has 0 atom stereocenters. The van der Waals surface area contributed by atoms with E-state index in [2.05, 4.69) is 99.6 Å². The van der Waals surface area contributed by atoms with Crippen molar-refractivity contribution in [2.24, 2.45) is 0 Å². The fourth-order valence-corrected chi connectivity index (χ4v) is 5.27. The van der Waals surface area contributed by atoms with Crippen LogP contribution in [0.4, 0.5) is 0 Å². The Bertz CT molecular complexity index is 1100. The first kappa shape index (κ1) is 17.8. The van der Waals surface area contributed by atoms with E-state index in [1.165, 1.54) is 48.4 Å². The van der Waals surface area contributed by atoms with Crippen molar-refractivity contribution in [3.05, 3.63) is 100 Å². The van der Waals surface area contributed by atoms with Gasteiger partial charge in [0.25, 0.3) is 0 Å². The summed E-state index contributed by atoms with van der Waals surface area (Å²) in [5.41, 5.74) is 8.01. The van der Waals surface area contributed by atoms with Crippen molar-refractivity contribution in [1.82, 2.24) is 0 Å². The third-order valence-electron chi connectivity index (χ3n) is 5.15. The SMILES string of the molecule is C/C=C(/c1ccccc1)c1sc2c(-c3ccc(C)cc3)cccc2c1CC. The van der Waals surface area contributed by atoms with Gasteiger partial charge in [-0.05, 0) is 53.5 Å². The van der Waals surface area contributed by atoms with Crippen molar-refractivity contribution in [3.63, 3.8) is 0 Å².